The average molecular weight is 182 g/mol. The number of nitrogens with two attached hydrogens (primary N) is 1. The third-order valence-corrected chi connectivity index (χ3v) is 1.49. The topological polar surface area (TPSA) is 77.3 Å². The number of nitrogens with zero attached hydrogens (tertiary/aromatic N) is 3. The molecular weight excluding hydrogens is 168 g/mol. The lowest BCUT2D eigenvalue weighted by Gasteiger charge is -1.94. The SMILES string of the molecule is CCCC(N)=NCc1nc(C)no1. The van der Waals surface area contributed by atoms with Crippen molar-refractivity contribution in [2.24, 2.45) is 10.7 Å². The van der Waals surface area contributed by atoms with Crippen molar-refractivity contribution in [3.8, 4) is 0 Å². The van der Waals surface area contributed by atoms with Gasteiger partial charge in [0.2, 0.25) is 5.89 Å². The van der Waals surface area contributed by atoms with Gasteiger partial charge >= 0.3 is 0 Å². The molecule has 1 aromatic heterocycles. The fourth-order valence-corrected chi connectivity index (χ4v) is 0.909. The van der Waals surface area contributed by atoms with Crippen LogP contribution in [0.5, 0.6) is 0 Å². The normalized spacial score (nSPS) is 12.0. The van der Waals surface area contributed by atoms with E-state index >= 15 is 0 Å². The quantitative estimate of drug-likeness (QED) is 0.557. The molecule has 0 fully saturated rings. The first kappa shape index (κ1) is 9.70. The van der Waals surface area contributed by atoms with Gasteiger partial charge in [0.05, 0.1) is 5.84 Å². The lowest BCUT2D eigenvalue weighted by molar-refractivity contribution is 0.376. The molecule has 0 saturated carbocycles. The summed E-state index contributed by atoms with van der Waals surface area (Å²) in [4.78, 5) is 8.10. The Morgan fingerprint density at radius 2 is 2.38 bits per heavy atom. The molecule has 5 heteroatoms. The van der Waals surface area contributed by atoms with Gasteiger partial charge in [0.1, 0.15) is 6.54 Å². The van der Waals surface area contributed by atoms with Crippen molar-refractivity contribution >= 4 is 5.84 Å². The summed E-state index contributed by atoms with van der Waals surface area (Å²) in [5, 5.41) is 3.64. The maximum Gasteiger partial charge on any atom is 0.248 e. The Morgan fingerprint density at radius 3 is 2.92 bits per heavy atom. The molecule has 72 valence electrons. The second-order valence-electron chi connectivity index (χ2n) is 2.79. The van der Waals surface area contributed by atoms with Crippen LogP contribution in [0.4, 0.5) is 0 Å². The molecule has 1 aromatic rings. The van der Waals surface area contributed by atoms with Crippen LogP contribution in [0.3, 0.4) is 0 Å². The Bertz CT molecular complexity index is 292. The van der Waals surface area contributed by atoms with E-state index in [1.54, 1.807) is 6.92 Å². The molecule has 2 N–H and O–H groups in total. The zero-order valence-electron chi connectivity index (χ0n) is 7.95. The monoisotopic (exact) mass is 182 g/mol. The van der Waals surface area contributed by atoms with E-state index in [0.717, 1.165) is 12.8 Å². The Hall–Kier alpha value is -1.39. The van der Waals surface area contributed by atoms with Gasteiger partial charge in [-0.1, -0.05) is 12.1 Å². The van der Waals surface area contributed by atoms with E-state index in [2.05, 4.69) is 22.1 Å². The molecule has 0 aliphatic carbocycles. The first-order valence-corrected chi connectivity index (χ1v) is 4.30. The molecule has 5 nitrogen and oxygen atoms in total. The largest absolute Gasteiger partial charge is 0.387 e. The summed E-state index contributed by atoms with van der Waals surface area (Å²) in [6.45, 7) is 4.21. The van der Waals surface area contributed by atoms with E-state index in [4.69, 9.17) is 10.3 Å². The third kappa shape index (κ3) is 3.23. The first-order valence-electron chi connectivity index (χ1n) is 4.30. The molecule has 13 heavy (non-hydrogen) atoms. The minimum atomic E-state index is 0.382. The second-order valence-corrected chi connectivity index (χ2v) is 2.79. The van der Waals surface area contributed by atoms with Gasteiger partial charge in [0.25, 0.3) is 0 Å². The smallest absolute Gasteiger partial charge is 0.248 e. The van der Waals surface area contributed by atoms with E-state index < -0.39 is 0 Å². The highest BCUT2D eigenvalue weighted by Crippen LogP contribution is 1.98. The summed E-state index contributed by atoms with van der Waals surface area (Å²) in [6.07, 6.45) is 1.81. The summed E-state index contributed by atoms with van der Waals surface area (Å²) in [6, 6.07) is 0. The fourth-order valence-electron chi connectivity index (χ4n) is 0.909. The fraction of sp³-hybridized carbons (Fsp3) is 0.625. The number of aliphatic imine (C=N–C) groups is 1. The molecule has 1 heterocycles. The number of aromatic nitrogens is 2. The summed E-state index contributed by atoms with van der Waals surface area (Å²) in [7, 11) is 0. The van der Waals surface area contributed by atoms with Crippen LogP contribution in [0.2, 0.25) is 0 Å². The Kier molecular flexibility index (Phi) is 3.42. The first-order chi connectivity index (χ1) is 6.22. The van der Waals surface area contributed by atoms with Crippen LogP contribution >= 0.6 is 0 Å². The van der Waals surface area contributed by atoms with Gasteiger partial charge in [-0.25, -0.2) is 0 Å². The van der Waals surface area contributed by atoms with Crippen LogP contribution in [-0.4, -0.2) is 16.0 Å². The van der Waals surface area contributed by atoms with Gasteiger partial charge in [-0.05, 0) is 13.3 Å². The summed E-state index contributed by atoms with van der Waals surface area (Å²) >= 11 is 0. The second kappa shape index (κ2) is 4.59. The number of hydrogen-bond donors (Lipinski definition) is 1. The molecule has 0 radical (unpaired) electrons. The maximum absolute atomic E-state index is 5.60. The van der Waals surface area contributed by atoms with Crippen molar-refractivity contribution in [3.63, 3.8) is 0 Å². The zero-order valence-corrected chi connectivity index (χ0v) is 7.95. The van der Waals surface area contributed by atoms with Gasteiger partial charge in [-0.15, -0.1) is 0 Å². The predicted octanol–water partition coefficient (Wildman–Crippen LogP) is 1.04. The Morgan fingerprint density at radius 1 is 1.62 bits per heavy atom. The number of aryl methyl sites for hydroxylation is 1. The maximum atomic E-state index is 5.60. The van der Waals surface area contributed by atoms with Gasteiger partial charge in [-0.2, -0.15) is 4.98 Å². The van der Waals surface area contributed by atoms with Gasteiger partial charge < -0.3 is 10.3 Å². The molecular formula is C8H14N4O. The van der Waals surface area contributed by atoms with Crippen molar-refractivity contribution in [1.82, 2.24) is 10.1 Å². The van der Waals surface area contributed by atoms with E-state index in [1.807, 2.05) is 0 Å². The molecule has 0 aliphatic rings. The lowest BCUT2D eigenvalue weighted by atomic mass is 10.3. The van der Waals surface area contributed by atoms with Crippen LogP contribution in [0.25, 0.3) is 0 Å². The zero-order chi connectivity index (χ0) is 9.68. The van der Waals surface area contributed by atoms with E-state index in [1.165, 1.54) is 0 Å². The molecule has 0 aromatic carbocycles. The highest BCUT2D eigenvalue weighted by molar-refractivity contribution is 5.80. The van der Waals surface area contributed by atoms with Crippen molar-refractivity contribution in [2.45, 2.75) is 33.2 Å². The summed E-state index contributed by atoms with van der Waals surface area (Å²) in [5.74, 6) is 1.77. The molecule has 0 saturated heterocycles. The number of amidine groups is 1. The third-order valence-electron chi connectivity index (χ3n) is 1.49. The Labute approximate surface area is 77.0 Å². The minimum absolute atomic E-state index is 0.382. The van der Waals surface area contributed by atoms with E-state index in [9.17, 15) is 0 Å². The predicted molar refractivity (Wildman–Crippen MR) is 49.3 cm³/mol. The molecule has 0 unspecified atom stereocenters. The van der Waals surface area contributed by atoms with Crippen molar-refractivity contribution in [2.75, 3.05) is 0 Å². The van der Waals surface area contributed by atoms with Crippen LogP contribution < -0.4 is 5.73 Å². The van der Waals surface area contributed by atoms with Crippen molar-refractivity contribution in [1.29, 1.82) is 0 Å². The summed E-state index contributed by atoms with van der Waals surface area (Å²) < 4.78 is 4.87. The van der Waals surface area contributed by atoms with Crippen LogP contribution in [0.1, 0.15) is 31.5 Å². The standard InChI is InChI=1S/C8H14N4O/c1-3-4-7(9)10-5-8-11-6(2)12-13-8/h3-5H2,1-2H3,(H2,9,10). The molecule has 0 spiro atoms. The molecule has 0 atom stereocenters. The summed E-state index contributed by atoms with van der Waals surface area (Å²) in [5.41, 5.74) is 5.60. The number of rotatable bonds is 4. The highest BCUT2D eigenvalue weighted by Gasteiger charge is 2.00. The van der Waals surface area contributed by atoms with Crippen molar-refractivity contribution < 1.29 is 4.52 Å². The van der Waals surface area contributed by atoms with Crippen molar-refractivity contribution in [3.05, 3.63) is 11.7 Å². The Balaban J connectivity index is 2.46. The average Bonchev–Trinajstić information content (AvgIpc) is 2.49. The van der Waals surface area contributed by atoms with Crippen LogP contribution in [0, 0.1) is 6.92 Å². The van der Waals surface area contributed by atoms with Gasteiger partial charge in [0.15, 0.2) is 5.82 Å². The van der Waals surface area contributed by atoms with Gasteiger partial charge in [0, 0.05) is 6.42 Å². The lowest BCUT2D eigenvalue weighted by Crippen LogP contribution is -2.11. The molecule has 0 aliphatic heterocycles. The van der Waals surface area contributed by atoms with Gasteiger partial charge in [-0.3, -0.25) is 4.99 Å². The molecule has 0 bridgehead atoms. The molecule has 0 amide bonds. The van der Waals surface area contributed by atoms with Crippen LogP contribution in [-0.2, 0) is 6.54 Å². The van der Waals surface area contributed by atoms with E-state index in [0.29, 0.717) is 24.1 Å². The number of hydrogen-bond acceptors (Lipinski definition) is 4. The minimum Gasteiger partial charge on any atom is -0.387 e. The molecule has 1 rings (SSSR count). The van der Waals surface area contributed by atoms with E-state index in [-0.39, 0.29) is 0 Å². The highest BCUT2D eigenvalue weighted by atomic mass is 16.5. The van der Waals surface area contributed by atoms with Crippen LogP contribution in [0.15, 0.2) is 9.52 Å².